The number of ether oxygens (including phenoxy) is 2. The summed E-state index contributed by atoms with van der Waals surface area (Å²) >= 11 is 0. The molecule has 0 bridgehead atoms. The first-order valence-electron chi connectivity index (χ1n) is 6.49. The van der Waals surface area contributed by atoms with Gasteiger partial charge in [0.25, 0.3) is 5.69 Å². The van der Waals surface area contributed by atoms with Crippen molar-refractivity contribution in [2.24, 2.45) is 0 Å². The van der Waals surface area contributed by atoms with E-state index >= 15 is 0 Å². The highest BCUT2D eigenvalue weighted by atomic mass is 16.6. The summed E-state index contributed by atoms with van der Waals surface area (Å²) in [6, 6.07) is 9.36. The topological polar surface area (TPSA) is 78.7 Å². The average molecular weight is 301 g/mol. The molecule has 0 atom stereocenters. The molecular weight excluding hydrogens is 286 g/mol. The third-order valence-corrected chi connectivity index (χ3v) is 3.25. The third-order valence-electron chi connectivity index (χ3n) is 3.25. The number of Topliss-reactive ketones (excluding diaryl/α,β-unsaturated/α-hetero) is 1. The van der Waals surface area contributed by atoms with Crippen LogP contribution in [0.25, 0.3) is 11.1 Å². The Balaban J connectivity index is 2.72. The molecule has 2 aromatic carbocycles. The first-order valence-corrected chi connectivity index (χ1v) is 6.49. The molecule has 0 aromatic heterocycles. The van der Waals surface area contributed by atoms with E-state index in [0.717, 1.165) is 0 Å². The molecule has 0 heterocycles. The molecule has 6 nitrogen and oxygen atoms in total. The highest BCUT2D eigenvalue weighted by Gasteiger charge is 2.17. The Kier molecular flexibility index (Phi) is 4.41. The Morgan fingerprint density at radius 3 is 2.41 bits per heavy atom. The highest BCUT2D eigenvalue weighted by molar-refractivity contribution is 5.97. The number of carbonyl (C=O) groups excluding carboxylic acids is 1. The van der Waals surface area contributed by atoms with Crippen molar-refractivity contribution in [2.45, 2.75) is 6.92 Å². The van der Waals surface area contributed by atoms with Gasteiger partial charge in [-0.1, -0.05) is 12.1 Å². The second kappa shape index (κ2) is 6.26. The molecule has 114 valence electrons. The Labute approximate surface area is 127 Å². The summed E-state index contributed by atoms with van der Waals surface area (Å²) in [6.45, 7) is 1.44. The largest absolute Gasteiger partial charge is 0.493 e. The van der Waals surface area contributed by atoms with E-state index in [9.17, 15) is 14.9 Å². The van der Waals surface area contributed by atoms with Gasteiger partial charge in [-0.15, -0.1) is 0 Å². The molecule has 0 saturated carbocycles. The molecule has 6 heteroatoms. The number of non-ortho nitro benzene ring substituents is 1. The van der Waals surface area contributed by atoms with Crippen molar-refractivity contribution in [3.05, 3.63) is 52.1 Å². The van der Waals surface area contributed by atoms with Gasteiger partial charge < -0.3 is 9.47 Å². The highest BCUT2D eigenvalue weighted by Crippen LogP contribution is 2.40. The number of rotatable bonds is 5. The number of nitro groups is 1. The first-order chi connectivity index (χ1) is 10.5. The van der Waals surface area contributed by atoms with Crippen molar-refractivity contribution in [1.29, 1.82) is 0 Å². The molecule has 0 aliphatic carbocycles. The number of methoxy groups -OCH3 is 2. The van der Waals surface area contributed by atoms with Gasteiger partial charge in [0.1, 0.15) is 0 Å². The van der Waals surface area contributed by atoms with Gasteiger partial charge >= 0.3 is 0 Å². The Hall–Kier alpha value is -2.89. The van der Waals surface area contributed by atoms with Crippen molar-refractivity contribution in [3.8, 4) is 22.6 Å². The quantitative estimate of drug-likeness (QED) is 0.480. The molecule has 0 fully saturated rings. The molecular formula is C16H15NO5. The van der Waals surface area contributed by atoms with Crippen LogP contribution in [0, 0.1) is 10.1 Å². The van der Waals surface area contributed by atoms with E-state index in [2.05, 4.69) is 0 Å². The zero-order valence-corrected chi connectivity index (χ0v) is 12.5. The average Bonchev–Trinajstić information content (AvgIpc) is 2.53. The van der Waals surface area contributed by atoms with E-state index < -0.39 is 4.92 Å². The van der Waals surface area contributed by atoms with Crippen LogP contribution in [0.3, 0.4) is 0 Å². The molecule has 0 amide bonds. The van der Waals surface area contributed by atoms with Gasteiger partial charge in [0.15, 0.2) is 17.3 Å². The second-order valence-electron chi connectivity index (χ2n) is 4.62. The van der Waals surface area contributed by atoms with Gasteiger partial charge in [-0.05, 0) is 24.6 Å². The van der Waals surface area contributed by atoms with Crippen LogP contribution in [0.5, 0.6) is 11.5 Å². The molecule has 0 spiro atoms. The summed E-state index contributed by atoms with van der Waals surface area (Å²) in [7, 11) is 2.95. The fourth-order valence-electron chi connectivity index (χ4n) is 2.17. The van der Waals surface area contributed by atoms with Crippen LogP contribution in [0.2, 0.25) is 0 Å². The maximum absolute atomic E-state index is 11.7. The number of benzene rings is 2. The number of carbonyl (C=O) groups is 1. The normalized spacial score (nSPS) is 10.1. The molecule has 22 heavy (non-hydrogen) atoms. The molecule has 0 N–H and O–H groups in total. The van der Waals surface area contributed by atoms with Crippen LogP contribution in [0.4, 0.5) is 5.69 Å². The van der Waals surface area contributed by atoms with E-state index in [1.165, 1.54) is 33.3 Å². The Bertz CT molecular complexity index is 739. The summed E-state index contributed by atoms with van der Waals surface area (Å²) in [6.07, 6.45) is 0. The van der Waals surface area contributed by atoms with Crippen LogP contribution < -0.4 is 9.47 Å². The molecule has 0 aliphatic heterocycles. The minimum atomic E-state index is -0.470. The summed E-state index contributed by atoms with van der Waals surface area (Å²) in [5, 5.41) is 10.9. The second-order valence-corrected chi connectivity index (χ2v) is 4.62. The number of nitro benzene ring substituents is 1. The minimum absolute atomic E-state index is 0.0354. The van der Waals surface area contributed by atoms with E-state index in [0.29, 0.717) is 28.2 Å². The monoisotopic (exact) mass is 301 g/mol. The lowest BCUT2D eigenvalue weighted by molar-refractivity contribution is -0.384. The van der Waals surface area contributed by atoms with Crippen LogP contribution in [-0.2, 0) is 0 Å². The van der Waals surface area contributed by atoms with Crippen molar-refractivity contribution >= 4 is 11.5 Å². The fourth-order valence-corrected chi connectivity index (χ4v) is 2.17. The van der Waals surface area contributed by atoms with E-state index in [1.54, 1.807) is 24.3 Å². The molecule has 0 saturated heterocycles. The van der Waals surface area contributed by atoms with Crippen molar-refractivity contribution in [1.82, 2.24) is 0 Å². The van der Waals surface area contributed by atoms with Gasteiger partial charge in [-0.25, -0.2) is 0 Å². The van der Waals surface area contributed by atoms with Crippen molar-refractivity contribution in [3.63, 3.8) is 0 Å². The van der Waals surface area contributed by atoms with Gasteiger partial charge in [-0.2, -0.15) is 0 Å². The number of ketones is 1. The standard InChI is InChI=1S/C16H15NO5/c1-10(18)12-8-14(16(22-3)15(9-12)21-2)11-5-4-6-13(7-11)17(19)20/h4-9H,1-3H3. The molecule has 0 aliphatic rings. The maximum atomic E-state index is 11.7. The molecule has 2 rings (SSSR count). The predicted octanol–water partition coefficient (Wildman–Crippen LogP) is 3.48. The molecule has 0 radical (unpaired) electrons. The van der Waals surface area contributed by atoms with Gasteiger partial charge in [0.05, 0.1) is 19.1 Å². The van der Waals surface area contributed by atoms with E-state index in [1.807, 2.05) is 0 Å². The lowest BCUT2D eigenvalue weighted by Crippen LogP contribution is -1.99. The summed E-state index contributed by atoms with van der Waals surface area (Å²) in [5.74, 6) is 0.692. The van der Waals surface area contributed by atoms with Crippen LogP contribution in [-0.4, -0.2) is 24.9 Å². The van der Waals surface area contributed by atoms with Gasteiger partial charge in [-0.3, -0.25) is 14.9 Å². The lowest BCUT2D eigenvalue weighted by atomic mass is 9.99. The number of nitrogens with zero attached hydrogens (tertiary/aromatic N) is 1. The molecule has 0 unspecified atom stereocenters. The van der Waals surface area contributed by atoms with Crippen LogP contribution in [0.15, 0.2) is 36.4 Å². The first kappa shape index (κ1) is 15.5. The van der Waals surface area contributed by atoms with Crippen LogP contribution in [0.1, 0.15) is 17.3 Å². The number of hydrogen-bond acceptors (Lipinski definition) is 5. The summed E-state index contributed by atoms with van der Waals surface area (Å²) in [5.41, 5.74) is 1.55. The Morgan fingerprint density at radius 2 is 1.86 bits per heavy atom. The smallest absolute Gasteiger partial charge is 0.270 e. The summed E-state index contributed by atoms with van der Waals surface area (Å²) in [4.78, 5) is 22.1. The maximum Gasteiger partial charge on any atom is 0.270 e. The zero-order chi connectivity index (χ0) is 16.3. The van der Waals surface area contributed by atoms with Crippen LogP contribution >= 0.6 is 0 Å². The van der Waals surface area contributed by atoms with E-state index in [-0.39, 0.29) is 11.5 Å². The number of hydrogen-bond donors (Lipinski definition) is 0. The Morgan fingerprint density at radius 1 is 1.14 bits per heavy atom. The predicted molar refractivity (Wildman–Crippen MR) is 81.6 cm³/mol. The summed E-state index contributed by atoms with van der Waals surface area (Å²) < 4.78 is 10.6. The minimum Gasteiger partial charge on any atom is -0.493 e. The fraction of sp³-hybridized carbons (Fsp3) is 0.188. The van der Waals surface area contributed by atoms with E-state index in [4.69, 9.17) is 9.47 Å². The third kappa shape index (κ3) is 2.90. The SMILES string of the molecule is COc1cc(C(C)=O)cc(-c2cccc([N+](=O)[O-])c2)c1OC. The van der Waals surface area contributed by atoms with Crippen molar-refractivity contribution in [2.75, 3.05) is 14.2 Å². The lowest BCUT2D eigenvalue weighted by Gasteiger charge is -2.14. The van der Waals surface area contributed by atoms with Gasteiger partial charge in [0.2, 0.25) is 0 Å². The van der Waals surface area contributed by atoms with Crippen molar-refractivity contribution < 1.29 is 19.2 Å². The van der Waals surface area contributed by atoms with Gasteiger partial charge in [0, 0.05) is 23.3 Å². The zero-order valence-electron chi connectivity index (χ0n) is 12.5. The molecule has 2 aromatic rings.